The van der Waals surface area contributed by atoms with Gasteiger partial charge in [-0.2, -0.15) is 0 Å². The Labute approximate surface area is 143 Å². The molecule has 1 aliphatic heterocycles. The van der Waals surface area contributed by atoms with E-state index in [0.717, 1.165) is 47.4 Å². The van der Waals surface area contributed by atoms with Crippen LogP contribution >= 0.6 is 27.3 Å². The molecule has 2 rings (SSSR count). The molecule has 1 aliphatic rings. The summed E-state index contributed by atoms with van der Waals surface area (Å²) < 4.78 is 1.05. The Kier molecular flexibility index (Phi) is 7.12. The van der Waals surface area contributed by atoms with E-state index in [9.17, 15) is 9.59 Å². The summed E-state index contributed by atoms with van der Waals surface area (Å²) in [6, 6.07) is 3.92. The Morgan fingerprint density at radius 1 is 1.36 bits per heavy atom. The molecule has 22 heavy (non-hydrogen) atoms. The maximum absolute atomic E-state index is 11.8. The molecular weight excluding hydrogens is 364 g/mol. The van der Waals surface area contributed by atoms with Gasteiger partial charge in [-0.1, -0.05) is 6.42 Å². The van der Waals surface area contributed by atoms with E-state index in [1.165, 1.54) is 0 Å². The van der Waals surface area contributed by atoms with Crippen molar-refractivity contribution >= 4 is 45.2 Å². The van der Waals surface area contributed by atoms with Crippen LogP contribution in [-0.2, 0) is 9.59 Å². The Morgan fingerprint density at radius 2 is 2.23 bits per heavy atom. The third-order valence-electron chi connectivity index (χ3n) is 3.57. The molecule has 0 saturated carbocycles. The van der Waals surface area contributed by atoms with Crippen LogP contribution in [0.1, 0.15) is 37.0 Å². The average Bonchev–Trinajstić information content (AvgIpc) is 2.81. The fourth-order valence-electron chi connectivity index (χ4n) is 2.39. The molecule has 1 aromatic rings. The zero-order valence-corrected chi connectivity index (χ0v) is 14.9. The van der Waals surface area contributed by atoms with E-state index in [4.69, 9.17) is 0 Å². The maximum atomic E-state index is 11.8. The highest BCUT2D eigenvalue weighted by molar-refractivity contribution is 9.11. The van der Waals surface area contributed by atoms with Gasteiger partial charge in [0.25, 0.3) is 0 Å². The molecule has 1 N–H and O–H groups in total. The number of amides is 2. The van der Waals surface area contributed by atoms with Crippen LogP contribution in [0.15, 0.2) is 22.0 Å². The number of hydrogen-bond acceptors (Lipinski definition) is 3. The van der Waals surface area contributed by atoms with Gasteiger partial charge in [0.1, 0.15) is 0 Å². The quantitative estimate of drug-likeness (QED) is 0.603. The molecule has 0 bridgehead atoms. The molecular formula is C16H21BrN2O2S. The molecule has 2 heterocycles. The molecule has 0 spiro atoms. The van der Waals surface area contributed by atoms with Crippen LogP contribution in [-0.4, -0.2) is 36.3 Å². The van der Waals surface area contributed by atoms with Gasteiger partial charge in [-0.05, 0) is 53.4 Å². The van der Waals surface area contributed by atoms with Gasteiger partial charge in [0.15, 0.2) is 0 Å². The zero-order chi connectivity index (χ0) is 15.8. The molecule has 0 atom stereocenters. The standard InChI is InChI=1S/C16H21BrN2O2S/c17-14-8-6-13(22-14)7-9-15(20)18-10-4-12-19-11-3-1-2-5-16(19)21/h6-9H,1-5,10-12H2,(H,18,20)/b9-7+. The van der Waals surface area contributed by atoms with Crippen molar-refractivity contribution < 1.29 is 9.59 Å². The van der Waals surface area contributed by atoms with Gasteiger partial charge < -0.3 is 10.2 Å². The highest BCUT2D eigenvalue weighted by Gasteiger charge is 2.15. The number of thiophene rings is 1. The van der Waals surface area contributed by atoms with Crippen LogP contribution in [0.2, 0.25) is 0 Å². The van der Waals surface area contributed by atoms with E-state index in [2.05, 4.69) is 21.2 Å². The fourth-order valence-corrected chi connectivity index (χ4v) is 3.72. The summed E-state index contributed by atoms with van der Waals surface area (Å²) >= 11 is 4.98. The number of carbonyl (C=O) groups excluding carboxylic acids is 2. The van der Waals surface area contributed by atoms with Crippen molar-refractivity contribution in [2.75, 3.05) is 19.6 Å². The largest absolute Gasteiger partial charge is 0.352 e. The number of carbonyl (C=O) groups is 2. The second-order valence-electron chi connectivity index (χ2n) is 5.31. The zero-order valence-electron chi connectivity index (χ0n) is 12.5. The molecule has 1 fully saturated rings. The Hall–Kier alpha value is -1.14. The van der Waals surface area contributed by atoms with Gasteiger partial charge in [-0.25, -0.2) is 0 Å². The topological polar surface area (TPSA) is 49.4 Å². The molecule has 0 radical (unpaired) electrons. The van der Waals surface area contributed by atoms with Crippen molar-refractivity contribution in [3.05, 3.63) is 26.9 Å². The summed E-state index contributed by atoms with van der Waals surface area (Å²) in [4.78, 5) is 26.5. The number of hydrogen-bond donors (Lipinski definition) is 1. The van der Waals surface area contributed by atoms with Crippen molar-refractivity contribution in [1.29, 1.82) is 0 Å². The maximum Gasteiger partial charge on any atom is 0.244 e. The predicted octanol–water partition coefficient (Wildman–Crippen LogP) is 3.43. The molecule has 1 saturated heterocycles. The number of likely N-dealkylation sites (tertiary alicyclic amines) is 1. The average molecular weight is 385 g/mol. The minimum Gasteiger partial charge on any atom is -0.352 e. The number of nitrogens with zero attached hydrogens (tertiary/aromatic N) is 1. The van der Waals surface area contributed by atoms with Gasteiger partial charge in [-0.15, -0.1) is 11.3 Å². The lowest BCUT2D eigenvalue weighted by atomic mass is 10.2. The second kappa shape index (κ2) is 9.10. The van der Waals surface area contributed by atoms with Crippen LogP contribution in [0, 0.1) is 0 Å². The smallest absolute Gasteiger partial charge is 0.244 e. The summed E-state index contributed by atoms with van der Waals surface area (Å²) in [7, 11) is 0. The van der Waals surface area contributed by atoms with E-state index in [0.29, 0.717) is 13.0 Å². The molecule has 4 nitrogen and oxygen atoms in total. The number of halogens is 1. The molecule has 120 valence electrons. The van der Waals surface area contributed by atoms with E-state index >= 15 is 0 Å². The first kappa shape index (κ1) is 17.2. The van der Waals surface area contributed by atoms with Gasteiger partial charge in [0.05, 0.1) is 3.79 Å². The van der Waals surface area contributed by atoms with Crippen molar-refractivity contribution in [3.8, 4) is 0 Å². The molecule has 1 aromatic heterocycles. The fraction of sp³-hybridized carbons (Fsp3) is 0.500. The monoisotopic (exact) mass is 384 g/mol. The summed E-state index contributed by atoms with van der Waals surface area (Å²) in [5.41, 5.74) is 0. The van der Waals surface area contributed by atoms with Crippen molar-refractivity contribution in [2.45, 2.75) is 32.1 Å². The lowest BCUT2D eigenvalue weighted by Crippen LogP contribution is -2.33. The SMILES string of the molecule is O=C(/C=C/c1ccc(Br)s1)NCCCN1CCCCCC1=O. The summed E-state index contributed by atoms with van der Waals surface area (Å²) in [6.45, 7) is 2.20. The van der Waals surface area contributed by atoms with Gasteiger partial charge >= 0.3 is 0 Å². The predicted molar refractivity (Wildman–Crippen MR) is 93.7 cm³/mol. The summed E-state index contributed by atoms with van der Waals surface area (Å²) in [5.74, 6) is 0.165. The van der Waals surface area contributed by atoms with E-state index in [-0.39, 0.29) is 11.8 Å². The summed E-state index contributed by atoms with van der Waals surface area (Å²) in [5, 5.41) is 2.86. The van der Waals surface area contributed by atoms with E-state index in [1.54, 1.807) is 17.4 Å². The minimum absolute atomic E-state index is 0.0910. The first-order valence-corrected chi connectivity index (χ1v) is 9.25. The van der Waals surface area contributed by atoms with Gasteiger partial charge in [0, 0.05) is 37.0 Å². The lowest BCUT2D eigenvalue weighted by Gasteiger charge is -2.20. The summed E-state index contributed by atoms with van der Waals surface area (Å²) in [6.07, 6.45) is 8.08. The van der Waals surface area contributed by atoms with Crippen LogP contribution in [0.4, 0.5) is 0 Å². The van der Waals surface area contributed by atoms with Crippen LogP contribution in [0.3, 0.4) is 0 Å². The Morgan fingerprint density at radius 3 is 3.00 bits per heavy atom. The Bertz CT molecular complexity index is 542. The molecule has 6 heteroatoms. The molecule has 0 aromatic carbocycles. The number of rotatable bonds is 6. The minimum atomic E-state index is -0.0910. The molecule has 0 unspecified atom stereocenters. The molecule has 0 aliphatic carbocycles. The van der Waals surface area contributed by atoms with Crippen molar-refractivity contribution in [2.24, 2.45) is 0 Å². The van der Waals surface area contributed by atoms with Crippen LogP contribution < -0.4 is 5.32 Å². The van der Waals surface area contributed by atoms with Crippen LogP contribution in [0.5, 0.6) is 0 Å². The second-order valence-corrected chi connectivity index (χ2v) is 7.81. The van der Waals surface area contributed by atoms with Gasteiger partial charge in [0.2, 0.25) is 11.8 Å². The van der Waals surface area contributed by atoms with Gasteiger partial charge in [-0.3, -0.25) is 9.59 Å². The highest BCUT2D eigenvalue weighted by atomic mass is 79.9. The first-order valence-electron chi connectivity index (χ1n) is 7.64. The first-order chi connectivity index (χ1) is 10.6. The normalized spacial score (nSPS) is 16.0. The lowest BCUT2D eigenvalue weighted by molar-refractivity contribution is -0.130. The Balaban J connectivity index is 1.64. The molecule has 2 amide bonds. The van der Waals surface area contributed by atoms with E-state index < -0.39 is 0 Å². The van der Waals surface area contributed by atoms with E-state index in [1.807, 2.05) is 23.1 Å². The third-order valence-corrected chi connectivity index (χ3v) is 5.16. The van der Waals surface area contributed by atoms with Crippen LogP contribution in [0.25, 0.3) is 6.08 Å². The van der Waals surface area contributed by atoms with Crippen molar-refractivity contribution in [3.63, 3.8) is 0 Å². The third kappa shape index (κ3) is 5.93. The number of nitrogens with one attached hydrogen (secondary N) is 1. The van der Waals surface area contributed by atoms with Crippen molar-refractivity contribution in [1.82, 2.24) is 10.2 Å². The highest BCUT2D eigenvalue weighted by Crippen LogP contribution is 2.22.